The molecule has 5 heteroatoms. The second-order valence-electron chi connectivity index (χ2n) is 8.70. The number of hydrogen-bond acceptors (Lipinski definition) is 4. The van der Waals surface area contributed by atoms with E-state index in [1.165, 1.54) is 11.1 Å². The van der Waals surface area contributed by atoms with Gasteiger partial charge in [0.2, 0.25) is 0 Å². The van der Waals surface area contributed by atoms with Gasteiger partial charge in [0.15, 0.2) is 0 Å². The first-order chi connectivity index (χ1) is 13.9. The van der Waals surface area contributed by atoms with Crippen LogP contribution in [-0.4, -0.2) is 54.6 Å². The first kappa shape index (κ1) is 21.2. The molecule has 3 rings (SSSR count). The average molecular weight is 393 g/mol. The first-order valence-corrected chi connectivity index (χ1v) is 10.3. The van der Waals surface area contributed by atoms with Gasteiger partial charge in [-0.3, -0.25) is 14.6 Å². The maximum absolute atomic E-state index is 12.2. The van der Waals surface area contributed by atoms with Crippen LogP contribution < -0.4 is 5.43 Å². The van der Waals surface area contributed by atoms with Crippen molar-refractivity contribution < 1.29 is 4.79 Å². The lowest BCUT2D eigenvalue weighted by atomic mass is 9.87. The molecule has 0 unspecified atom stereocenters. The molecule has 0 spiro atoms. The van der Waals surface area contributed by atoms with E-state index in [0.29, 0.717) is 6.54 Å². The van der Waals surface area contributed by atoms with E-state index in [2.05, 4.69) is 77.5 Å². The molecule has 0 aromatic heterocycles. The minimum atomic E-state index is -0.0657. The van der Waals surface area contributed by atoms with Crippen LogP contribution in [0.1, 0.15) is 37.5 Å². The topological polar surface area (TPSA) is 47.9 Å². The number of nitrogens with zero attached hydrogens (tertiary/aromatic N) is 3. The number of benzene rings is 2. The monoisotopic (exact) mass is 392 g/mol. The smallest absolute Gasteiger partial charge is 0.254 e. The van der Waals surface area contributed by atoms with Gasteiger partial charge in [-0.05, 0) is 22.1 Å². The van der Waals surface area contributed by atoms with Gasteiger partial charge in [0.1, 0.15) is 0 Å². The Morgan fingerprint density at radius 2 is 1.59 bits per heavy atom. The van der Waals surface area contributed by atoms with Gasteiger partial charge in [0.05, 0.1) is 12.8 Å². The standard InChI is InChI=1S/C24H32N4O/c1-24(2,3)22-11-9-20(10-12-22)17-25-26-23(29)19-28-15-13-27(14-16-28)18-21-7-5-4-6-8-21/h4-12,17H,13-16,18-19H2,1-3H3,(H,26,29). The molecular weight excluding hydrogens is 360 g/mol. The number of piperazine rings is 1. The Labute approximate surface area is 174 Å². The van der Waals surface area contributed by atoms with Gasteiger partial charge in [-0.1, -0.05) is 75.4 Å². The Morgan fingerprint density at radius 3 is 2.21 bits per heavy atom. The van der Waals surface area contributed by atoms with Gasteiger partial charge in [-0.25, -0.2) is 5.43 Å². The summed E-state index contributed by atoms with van der Waals surface area (Å²) in [4.78, 5) is 16.8. The summed E-state index contributed by atoms with van der Waals surface area (Å²) < 4.78 is 0. The van der Waals surface area contributed by atoms with Crippen molar-refractivity contribution in [2.45, 2.75) is 32.7 Å². The highest BCUT2D eigenvalue weighted by atomic mass is 16.2. The summed E-state index contributed by atoms with van der Waals surface area (Å²) in [5.41, 5.74) is 6.38. The molecule has 0 aliphatic carbocycles. The summed E-state index contributed by atoms with van der Waals surface area (Å²) in [6, 6.07) is 18.8. The number of hydrazone groups is 1. The summed E-state index contributed by atoms with van der Waals surface area (Å²) in [7, 11) is 0. The molecule has 1 N–H and O–H groups in total. The predicted molar refractivity (Wildman–Crippen MR) is 119 cm³/mol. The highest BCUT2D eigenvalue weighted by Crippen LogP contribution is 2.21. The lowest BCUT2D eigenvalue weighted by Gasteiger charge is -2.34. The van der Waals surface area contributed by atoms with E-state index >= 15 is 0 Å². The van der Waals surface area contributed by atoms with Crippen LogP contribution in [0.25, 0.3) is 0 Å². The summed E-state index contributed by atoms with van der Waals surface area (Å²) in [6.07, 6.45) is 1.70. The summed E-state index contributed by atoms with van der Waals surface area (Å²) in [5, 5.41) is 4.11. The molecule has 1 amide bonds. The van der Waals surface area contributed by atoms with Crippen molar-refractivity contribution in [3.05, 3.63) is 71.3 Å². The van der Waals surface area contributed by atoms with E-state index in [4.69, 9.17) is 0 Å². The number of amides is 1. The molecule has 29 heavy (non-hydrogen) atoms. The van der Waals surface area contributed by atoms with Crippen LogP contribution >= 0.6 is 0 Å². The number of carbonyl (C=O) groups is 1. The van der Waals surface area contributed by atoms with Gasteiger partial charge >= 0.3 is 0 Å². The number of hydrogen-bond donors (Lipinski definition) is 1. The third kappa shape index (κ3) is 6.80. The lowest BCUT2D eigenvalue weighted by Crippen LogP contribution is -2.48. The van der Waals surface area contributed by atoms with E-state index in [1.807, 2.05) is 18.2 Å². The second-order valence-corrected chi connectivity index (χ2v) is 8.70. The van der Waals surface area contributed by atoms with Gasteiger partial charge in [0.25, 0.3) is 5.91 Å². The molecule has 1 aliphatic heterocycles. The summed E-state index contributed by atoms with van der Waals surface area (Å²) >= 11 is 0. The van der Waals surface area contributed by atoms with E-state index in [0.717, 1.165) is 38.3 Å². The highest BCUT2D eigenvalue weighted by Gasteiger charge is 2.18. The van der Waals surface area contributed by atoms with Crippen molar-refractivity contribution in [2.24, 2.45) is 5.10 Å². The van der Waals surface area contributed by atoms with Gasteiger partial charge in [-0.15, -0.1) is 0 Å². The first-order valence-electron chi connectivity index (χ1n) is 10.3. The molecule has 0 radical (unpaired) electrons. The van der Waals surface area contributed by atoms with Gasteiger partial charge < -0.3 is 0 Å². The van der Waals surface area contributed by atoms with Crippen molar-refractivity contribution in [3.63, 3.8) is 0 Å². The zero-order chi connectivity index (χ0) is 20.7. The van der Waals surface area contributed by atoms with Gasteiger partial charge in [-0.2, -0.15) is 5.10 Å². The minimum Gasteiger partial charge on any atom is -0.297 e. The van der Waals surface area contributed by atoms with Crippen LogP contribution in [0, 0.1) is 0 Å². The Hall–Kier alpha value is -2.50. The largest absolute Gasteiger partial charge is 0.297 e. The molecule has 1 saturated heterocycles. The molecule has 0 bridgehead atoms. The van der Waals surface area contributed by atoms with E-state index < -0.39 is 0 Å². The second kappa shape index (κ2) is 9.81. The third-order valence-electron chi connectivity index (χ3n) is 5.26. The normalized spacial score (nSPS) is 16.2. The van der Waals surface area contributed by atoms with Crippen LogP contribution in [0.3, 0.4) is 0 Å². The van der Waals surface area contributed by atoms with Crippen LogP contribution in [0.15, 0.2) is 59.7 Å². The summed E-state index contributed by atoms with van der Waals surface area (Å²) in [5.74, 6) is -0.0657. The van der Waals surface area contributed by atoms with E-state index in [-0.39, 0.29) is 11.3 Å². The molecule has 154 valence electrons. The zero-order valence-corrected chi connectivity index (χ0v) is 17.8. The van der Waals surface area contributed by atoms with Crippen molar-refractivity contribution in [2.75, 3.05) is 32.7 Å². The van der Waals surface area contributed by atoms with Crippen molar-refractivity contribution in [1.29, 1.82) is 0 Å². The Morgan fingerprint density at radius 1 is 0.966 bits per heavy atom. The maximum atomic E-state index is 12.2. The molecule has 2 aromatic rings. The molecule has 1 heterocycles. The number of rotatable bonds is 6. The molecule has 5 nitrogen and oxygen atoms in total. The quantitative estimate of drug-likeness (QED) is 0.606. The minimum absolute atomic E-state index is 0.0657. The van der Waals surface area contributed by atoms with Crippen molar-refractivity contribution in [1.82, 2.24) is 15.2 Å². The Balaban J connectivity index is 1.38. The highest BCUT2D eigenvalue weighted by molar-refractivity contribution is 5.83. The van der Waals surface area contributed by atoms with Crippen LogP contribution in [0.5, 0.6) is 0 Å². The fourth-order valence-corrected chi connectivity index (χ4v) is 3.43. The molecular formula is C24H32N4O. The Kier molecular flexibility index (Phi) is 7.18. The number of carbonyl (C=O) groups excluding carboxylic acids is 1. The van der Waals surface area contributed by atoms with Crippen LogP contribution in [0.2, 0.25) is 0 Å². The Bertz CT molecular complexity index is 801. The van der Waals surface area contributed by atoms with Crippen molar-refractivity contribution >= 4 is 12.1 Å². The molecule has 1 aliphatic rings. The zero-order valence-electron chi connectivity index (χ0n) is 17.8. The molecule has 0 saturated carbocycles. The predicted octanol–water partition coefficient (Wildman–Crippen LogP) is 3.25. The fourth-order valence-electron chi connectivity index (χ4n) is 3.43. The number of nitrogens with one attached hydrogen (secondary N) is 1. The molecule has 2 aromatic carbocycles. The van der Waals surface area contributed by atoms with Gasteiger partial charge in [0, 0.05) is 32.7 Å². The van der Waals surface area contributed by atoms with Crippen molar-refractivity contribution in [3.8, 4) is 0 Å². The van der Waals surface area contributed by atoms with E-state index in [1.54, 1.807) is 6.21 Å². The van der Waals surface area contributed by atoms with E-state index in [9.17, 15) is 4.79 Å². The van der Waals surface area contributed by atoms with Crippen LogP contribution in [-0.2, 0) is 16.8 Å². The maximum Gasteiger partial charge on any atom is 0.254 e. The SMILES string of the molecule is CC(C)(C)c1ccc(C=NNC(=O)CN2CCN(Cc3ccccc3)CC2)cc1. The lowest BCUT2D eigenvalue weighted by molar-refractivity contribution is -0.122. The average Bonchev–Trinajstić information content (AvgIpc) is 2.70. The summed E-state index contributed by atoms with van der Waals surface area (Å²) in [6.45, 7) is 11.7. The molecule has 0 atom stereocenters. The van der Waals surface area contributed by atoms with Crippen LogP contribution in [0.4, 0.5) is 0 Å². The molecule has 1 fully saturated rings. The third-order valence-corrected chi connectivity index (χ3v) is 5.26. The fraction of sp³-hybridized carbons (Fsp3) is 0.417.